The molecule has 19 heavy (non-hydrogen) atoms. The van der Waals surface area contributed by atoms with Gasteiger partial charge in [-0.25, -0.2) is 4.79 Å². The van der Waals surface area contributed by atoms with Crippen molar-refractivity contribution in [1.29, 1.82) is 0 Å². The second-order valence-electron chi connectivity index (χ2n) is 6.02. The first-order chi connectivity index (χ1) is 8.87. The van der Waals surface area contributed by atoms with E-state index in [2.05, 4.69) is 4.74 Å². The molecular formula is C14H25NO4. The molecule has 1 saturated heterocycles. The summed E-state index contributed by atoms with van der Waals surface area (Å²) in [5, 5.41) is 0. The maximum absolute atomic E-state index is 11.8. The van der Waals surface area contributed by atoms with Gasteiger partial charge in [-0.1, -0.05) is 0 Å². The molecule has 5 nitrogen and oxygen atoms in total. The third kappa shape index (κ3) is 5.09. The predicted octanol–water partition coefficient (Wildman–Crippen LogP) is 2.59. The van der Waals surface area contributed by atoms with Crippen LogP contribution in [0.4, 0.5) is 4.79 Å². The molecule has 0 spiro atoms. The number of hydrogen-bond acceptors (Lipinski definition) is 4. The van der Waals surface area contributed by atoms with Crippen LogP contribution in [0.25, 0.3) is 0 Å². The van der Waals surface area contributed by atoms with Crippen LogP contribution in [0.2, 0.25) is 0 Å². The van der Waals surface area contributed by atoms with Gasteiger partial charge in [0.2, 0.25) is 0 Å². The summed E-state index contributed by atoms with van der Waals surface area (Å²) in [5.41, 5.74) is -0.362. The fourth-order valence-corrected chi connectivity index (χ4v) is 2.54. The van der Waals surface area contributed by atoms with Crippen molar-refractivity contribution in [2.24, 2.45) is 5.92 Å². The Bertz CT molecular complexity index is 311. The van der Waals surface area contributed by atoms with Crippen LogP contribution in [0.5, 0.6) is 0 Å². The normalized spacial score (nSPS) is 24.5. The van der Waals surface area contributed by atoms with E-state index in [1.54, 1.807) is 6.92 Å². The van der Waals surface area contributed by atoms with Crippen LogP contribution in [0.1, 0.15) is 47.0 Å². The monoisotopic (exact) mass is 271 g/mol. The number of likely N-dealkylation sites (tertiary alicyclic amines) is 1. The van der Waals surface area contributed by atoms with Crippen molar-refractivity contribution in [2.45, 2.75) is 58.6 Å². The van der Waals surface area contributed by atoms with Gasteiger partial charge >= 0.3 is 6.09 Å². The zero-order valence-corrected chi connectivity index (χ0v) is 12.3. The van der Waals surface area contributed by atoms with Crippen LogP contribution in [0.15, 0.2) is 0 Å². The summed E-state index contributed by atoms with van der Waals surface area (Å²) in [4.78, 5) is 22.9. The molecule has 0 aromatic carbocycles. The van der Waals surface area contributed by atoms with Gasteiger partial charge in [0.05, 0.1) is 6.61 Å². The molecule has 2 rings (SSSR count). The third-order valence-electron chi connectivity index (χ3n) is 3.27. The van der Waals surface area contributed by atoms with E-state index < -0.39 is 0 Å². The standard InChI is InChI=1S/C11H19NO2.C3H6O2/c1-11(2,3)14-10(13)12-7-8-4-5-9(12)6-8;1-2-5-3-4/h8-9H,4-7H2,1-3H3;3H,2H2,1H3. The predicted molar refractivity (Wildman–Crippen MR) is 71.8 cm³/mol. The molecular weight excluding hydrogens is 246 g/mol. The zero-order valence-electron chi connectivity index (χ0n) is 12.3. The number of nitrogens with zero attached hydrogens (tertiary/aromatic N) is 1. The molecule has 0 N–H and O–H groups in total. The maximum Gasteiger partial charge on any atom is 0.410 e. The van der Waals surface area contributed by atoms with Gasteiger partial charge in [0.15, 0.2) is 0 Å². The highest BCUT2D eigenvalue weighted by Crippen LogP contribution is 2.37. The molecule has 1 saturated carbocycles. The molecule has 0 aromatic heterocycles. The van der Waals surface area contributed by atoms with Gasteiger partial charge in [-0.15, -0.1) is 0 Å². The van der Waals surface area contributed by atoms with Crippen molar-refractivity contribution >= 4 is 12.6 Å². The molecule has 1 aliphatic heterocycles. The Morgan fingerprint density at radius 2 is 2.05 bits per heavy atom. The van der Waals surface area contributed by atoms with Crippen molar-refractivity contribution in [1.82, 2.24) is 4.90 Å². The minimum atomic E-state index is -0.362. The maximum atomic E-state index is 11.8. The van der Waals surface area contributed by atoms with E-state index in [1.165, 1.54) is 19.3 Å². The summed E-state index contributed by atoms with van der Waals surface area (Å²) in [6.45, 7) is 9.33. The largest absolute Gasteiger partial charge is 0.468 e. The molecule has 2 aliphatic rings. The second kappa shape index (κ2) is 6.78. The Hall–Kier alpha value is -1.26. The molecule has 2 unspecified atom stereocenters. The van der Waals surface area contributed by atoms with Crippen molar-refractivity contribution in [3.8, 4) is 0 Å². The molecule has 110 valence electrons. The van der Waals surface area contributed by atoms with Crippen LogP contribution in [0.3, 0.4) is 0 Å². The molecule has 1 heterocycles. The average molecular weight is 271 g/mol. The number of ether oxygens (including phenoxy) is 2. The summed E-state index contributed by atoms with van der Waals surface area (Å²) in [6.07, 6.45) is 3.54. The van der Waals surface area contributed by atoms with Gasteiger partial charge in [-0.05, 0) is 52.9 Å². The van der Waals surface area contributed by atoms with Crippen LogP contribution >= 0.6 is 0 Å². The molecule has 0 aromatic rings. The summed E-state index contributed by atoms with van der Waals surface area (Å²) in [6, 6.07) is 0.467. The number of hydrogen-bond donors (Lipinski definition) is 0. The molecule has 2 bridgehead atoms. The Morgan fingerprint density at radius 1 is 1.37 bits per heavy atom. The fraction of sp³-hybridized carbons (Fsp3) is 0.857. The first-order valence-corrected chi connectivity index (χ1v) is 6.92. The lowest BCUT2D eigenvalue weighted by Crippen LogP contribution is -2.41. The zero-order chi connectivity index (χ0) is 14.5. The fourth-order valence-electron chi connectivity index (χ4n) is 2.54. The quantitative estimate of drug-likeness (QED) is 0.724. The first kappa shape index (κ1) is 15.8. The van der Waals surface area contributed by atoms with Crippen LogP contribution in [-0.2, 0) is 14.3 Å². The van der Waals surface area contributed by atoms with Crippen molar-refractivity contribution < 1.29 is 19.1 Å². The number of piperidine rings is 1. The minimum absolute atomic E-state index is 0.121. The van der Waals surface area contributed by atoms with E-state index in [1.807, 2.05) is 25.7 Å². The summed E-state index contributed by atoms with van der Waals surface area (Å²) >= 11 is 0. The second-order valence-corrected chi connectivity index (χ2v) is 6.02. The Balaban J connectivity index is 0.000000312. The highest BCUT2D eigenvalue weighted by Gasteiger charge is 2.41. The average Bonchev–Trinajstić information content (AvgIpc) is 2.90. The molecule has 2 fully saturated rings. The van der Waals surface area contributed by atoms with Gasteiger partial charge in [0.25, 0.3) is 6.47 Å². The highest BCUT2D eigenvalue weighted by molar-refractivity contribution is 5.69. The van der Waals surface area contributed by atoms with E-state index in [4.69, 9.17) is 4.74 Å². The number of carbonyl (C=O) groups excluding carboxylic acids is 2. The lowest BCUT2D eigenvalue weighted by Gasteiger charge is -2.30. The van der Waals surface area contributed by atoms with Crippen molar-refractivity contribution in [2.75, 3.05) is 13.2 Å². The molecule has 2 atom stereocenters. The molecule has 0 radical (unpaired) electrons. The van der Waals surface area contributed by atoms with E-state index in [0.717, 1.165) is 12.5 Å². The Morgan fingerprint density at radius 3 is 2.37 bits per heavy atom. The van der Waals surface area contributed by atoms with E-state index in [9.17, 15) is 9.59 Å². The third-order valence-corrected chi connectivity index (χ3v) is 3.27. The first-order valence-electron chi connectivity index (χ1n) is 6.92. The number of carbonyl (C=O) groups is 2. The van der Waals surface area contributed by atoms with Gasteiger partial charge < -0.3 is 14.4 Å². The van der Waals surface area contributed by atoms with Crippen LogP contribution in [-0.4, -0.2) is 42.3 Å². The Kier molecular flexibility index (Phi) is 5.63. The van der Waals surface area contributed by atoms with Gasteiger partial charge in [-0.3, -0.25) is 4.79 Å². The number of rotatable bonds is 2. The molecule has 5 heteroatoms. The van der Waals surface area contributed by atoms with E-state index in [-0.39, 0.29) is 11.7 Å². The lowest BCUT2D eigenvalue weighted by molar-refractivity contribution is -0.128. The van der Waals surface area contributed by atoms with Crippen LogP contribution < -0.4 is 0 Å². The van der Waals surface area contributed by atoms with Gasteiger partial charge in [-0.2, -0.15) is 0 Å². The van der Waals surface area contributed by atoms with Crippen molar-refractivity contribution in [3.63, 3.8) is 0 Å². The van der Waals surface area contributed by atoms with Crippen molar-refractivity contribution in [3.05, 3.63) is 0 Å². The Labute approximate surface area is 115 Å². The summed E-state index contributed by atoms with van der Waals surface area (Å²) in [7, 11) is 0. The van der Waals surface area contributed by atoms with E-state index >= 15 is 0 Å². The number of fused-ring (bicyclic) bond motifs is 2. The molecule has 1 amide bonds. The SMILES string of the molecule is CC(C)(C)OC(=O)N1CC2CCC1C2.CCOC=O. The van der Waals surface area contributed by atoms with E-state index in [0.29, 0.717) is 19.1 Å². The minimum Gasteiger partial charge on any atom is -0.468 e. The molecule has 1 aliphatic carbocycles. The van der Waals surface area contributed by atoms with Gasteiger partial charge in [0.1, 0.15) is 5.60 Å². The lowest BCUT2D eigenvalue weighted by atomic mass is 10.1. The summed E-state index contributed by atoms with van der Waals surface area (Å²) < 4.78 is 9.51. The smallest absolute Gasteiger partial charge is 0.410 e. The summed E-state index contributed by atoms with van der Waals surface area (Å²) in [5.74, 6) is 0.743. The van der Waals surface area contributed by atoms with Crippen LogP contribution in [0, 0.1) is 5.92 Å². The van der Waals surface area contributed by atoms with Gasteiger partial charge in [0, 0.05) is 12.6 Å². The number of amides is 1. The highest BCUT2D eigenvalue weighted by atomic mass is 16.6. The topological polar surface area (TPSA) is 55.8 Å².